The molecule has 2 atom stereocenters. The van der Waals surface area contributed by atoms with Crippen LogP contribution in [0.2, 0.25) is 0 Å². The Morgan fingerprint density at radius 1 is 1.39 bits per heavy atom. The Hall–Kier alpha value is -1.44. The summed E-state index contributed by atoms with van der Waals surface area (Å²) in [5, 5.41) is 2.78. The average molecular weight is 340 g/mol. The van der Waals surface area contributed by atoms with Crippen molar-refractivity contribution >= 4 is 15.7 Å². The van der Waals surface area contributed by atoms with Crippen molar-refractivity contribution in [2.75, 3.05) is 32.5 Å². The smallest absolute Gasteiger partial charge is 0.216 e. The second-order valence-corrected chi connectivity index (χ2v) is 7.96. The molecule has 0 spiro atoms. The second kappa shape index (κ2) is 7.42. The van der Waals surface area contributed by atoms with Gasteiger partial charge in [-0.05, 0) is 24.6 Å². The van der Waals surface area contributed by atoms with Crippen molar-refractivity contribution in [1.82, 2.24) is 10.2 Å². The molecule has 0 radical (unpaired) electrons. The molecule has 7 heteroatoms. The van der Waals surface area contributed by atoms with Crippen LogP contribution in [0, 0.1) is 0 Å². The first kappa shape index (κ1) is 17.9. The number of amides is 1. The van der Waals surface area contributed by atoms with E-state index in [9.17, 15) is 13.2 Å². The van der Waals surface area contributed by atoms with Crippen molar-refractivity contribution in [3.63, 3.8) is 0 Å². The van der Waals surface area contributed by atoms with Gasteiger partial charge in [0, 0.05) is 38.9 Å². The monoisotopic (exact) mass is 340 g/mol. The Labute approximate surface area is 137 Å². The van der Waals surface area contributed by atoms with Crippen molar-refractivity contribution in [1.29, 1.82) is 0 Å². The van der Waals surface area contributed by atoms with Gasteiger partial charge in [-0.25, -0.2) is 8.42 Å². The molecule has 1 amide bonds. The maximum absolute atomic E-state index is 11.5. The maximum Gasteiger partial charge on any atom is 0.216 e. The van der Waals surface area contributed by atoms with Gasteiger partial charge in [0.15, 0.2) is 9.84 Å². The summed E-state index contributed by atoms with van der Waals surface area (Å²) in [7, 11) is -3.17. The van der Waals surface area contributed by atoms with E-state index >= 15 is 0 Å². The number of nitrogens with one attached hydrogen (secondary N) is 1. The lowest BCUT2D eigenvalue weighted by atomic mass is 10.1. The Kier molecular flexibility index (Phi) is 5.78. The van der Waals surface area contributed by atoms with Crippen LogP contribution >= 0.6 is 0 Å². The first-order valence-electron chi connectivity index (χ1n) is 7.67. The predicted molar refractivity (Wildman–Crippen MR) is 88.0 cm³/mol. The third kappa shape index (κ3) is 5.02. The normalized spacial score (nSPS) is 20.9. The number of hydrogen-bond acceptors (Lipinski definition) is 5. The summed E-state index contributed by atoms with van der Waals surface area (Å²) in [4.78, 5) is 13.6. The zero-order valence-corrected chi connectivity index (χ0v) is 14.6. The fraction of sp³-hybridized carbons (Fsp3) is 0.562. The van der Waals surface area contributed by atoms with Gasteiger partial charge < -0.3 is 10.1 Å². The summed E-state index contributed by atoms with van der Waals surface area (Å²) in [5.74, 6) is -0.0601. The van der Waals surface area contributed by atoms with Gasteiger partial charge in [-0.3, -0.25) is 9.69 Å². The van der Waals surface area contributed by atoms with E-state index in [1.807, 2.05) is 12.1 Å². The molecule has 2 rings (SSSR count). The van der Waals surface area contributed by atoms with Crippen LogP contribution in [-0.2, 0) is 19.4 Å². The first-order valence-corrected chi connectivity index (χ1v) is 9.56. The number of ether oxygens (including phenoxy) is 1. The van der Waals surface area contributed by atoms with Gasteiger partial charge in [-0.1, -0.05) is 12.1 Å². The van der Waals surface area contributed by atoms with Gasteiger partial charge in [0.1, 0.15) is 0 Å². The van der Waals surface area contributed by atoms with Gasteiger partial charge in [0.2, 0.25) is 5.91 Å². The maximum atomic E-state index is 11.5. The number of carbonyl (C=O) groups excluding carboxylic acids is 1. The highest BCUT2D eigenvalue weighted by Gasteiger charge is 2.25. The number of morpholine rings is 1. The van der Waals surface area contributed by atoms with E-state index < -0.39 is 9.84 Å². The summed E-state index contributed by atoms with van der Waals surface area (Å²) in [6.07, 6.45) is 1.19. The van der Waals surface area contributed by atoms with Crippen LogP contribution in [0.1, 0.15) is 25.5 Å². The van der Waals surface area contributed by atoms with Crippen LogP contribution in [-0.4, -0.2) is 57.8 Å². The minimum Gasteiger partial charge on any atom is -0.374 e. The molecule has 1 heterocycles. The zero-order valence-electron chi connectivity index (χ0n) is 13.8. The van der Waals surface area contributed by atoms with E-state index in [1.54, 1.807) is 12.1 Å². The summed E-state index contributed by atoms with van der Waals surface area (Å²) >= 11 is 0. The van der Waals surface area contributed by atoms with E-state index in [1.165, 1.54) is 13.2 Å². The van der Waals surface area contributed by atoms with Gasteiger partial charge in [-0.2, -0.15) is 0 Å². The van der Waals surface area contributed by atoms with Crippen LogP contribution in [0.4, 0.5) is 0 Å². The summed E-state index contributed by atoms with van der Waals surface area (Å²) < 4.78 is 28.7. The molecule has 0 bridgehead atoms. The molecule has 0 saturated carbocycles. The fourth-order valence-corrected chi connectivity index (χ4v) is 3.31. The number of hydrogen-bond donors (Lipinski definition) is 1. The van der Waals surface area contributed by atoms with E-state index in [0.717, 1.165) is 18.7 Å². The molecular weight excluding hydrogens is 316 g/mol. The highest BCUT2D eigenvalue weighted by atomic mass is 32.2. The molecular formula is C16H24N2O4S. The molecule has 128 valence electrons. The average Bonchev–Trinajstić information content (AvgIpc) is 2.52. The van der Waals surface area contributed by atoms with Crippen LogP contribution < -0.4 is 5.32 Å². The van der Waals surface area contributed by atoms with E-state index in [0.29, 0.717) is 18.0 Å². The third-order valence-corrected chi connectivity index (χ3v) is 5.22. The molecule has 0 aliphatic carbocycles. The molecule has 1 aromatic rings. The highest BCUT2D eigenvalue weighted by Crippen LogP contribution is 2.23. The standard InChI is InChI=1S/C16H24N2O4S/c1-12(14-4-6-16(7-5-14)23(3,20)21)18-8-9-22-15(11-18)10-17-13(2)19/h4-7,12,15H,8-11H2,1-3H3,(H,17,19). The number of sulfone groups is 1. The van der Waals surface area contributed by atoms with Crippen molar-refractivity contribution in [3.05, 3.63) is 29.8 Å². The predicted octanol–water partition coefficient (Wildman–Crippen LogP) is 0.988. The largest absolute Gasteiger partial charge is 0.374 e. The van der Waals surface area contributed by atoms with Crippen LogP contribution in [0.3, 0.4) is 0 Å². The Morgan fingerprint density at radius 2 is 2.04 bits per heavy atom. The summed E-state index contributed by atoms with van der Waals surface area (Å²) in [6.45, 7) is 6.26. The van der Waals surface area contributed by atoms with Crippen molar-refractivity contribution in [2.24, 2.45) is 0 Å². The number of carbonyl (C=O) groups is 1. The quantitative estimate of drug-likeness (QED) is 0.865. The first-order chi connectivity index (χ1) is 10.8. The van der Waals surface area contributed by atoms with E-state index in [-0.39, 0.29) is 18.1 Å². The van der Waals surface area contributed by atoms with Crippen molar-refractivity contribution < 1.29 is 17.9 Å². The Balaban J connectivity index is 2.01. The lowest BCUT2D eigenvalue weighted by Gasteiger charge is -2.37. The third-order valence-electron chi connectivity index (χ3n) is 4.09. The number of benzene rings is 1. The minimum absolute atomic E-state index is 0.0228. The number of nitrogens with zero attached hydrogens (tertiary/aromatic N) is 1. The molecule has 1 aliphatic rings. The Morgan fingerprint density at radius 3 is 2.61 bits per heavy atom. The molecule has 1 aliphatic heterocycles. The molecule has 1 saturated heterocycles. The summed E-state index contributed by atoms with van der Waals surface area (Å²) in [5.41, 5.74) is 1.07. The lowest BCUT2D eigenvalue weighted by molar-refractivity contribution is -0.120. The van der Waals surface area contributed by atoms with Crippen LogP contribution in [0.25, 0.3) is 0 Å². The molecule has 1 N–H and O–H groups in total. The fourth-order valence-electron chi connectivity index (χ4n) is 2.68. The highest BCUT2D eigenvalue weighted by molar-refractivity contribution is 7.90. The SMILES string of the molecule is CC(=O)NCC1CN(C(C)c2ccc(S(C)(=O)=O)cc2)CCO1. The molecule has 23 heavy (non-hydrogen) atoms. The van der Waals surface area contributed by atoms with Crippen LogP contribution in [0.5, 0.6) is 0 Å². The molecule has 2 unspecified atom stereocenters. The van der Waals surface area contributed by atoms with Gasteiger partial charge in [-0.15, -0.1) is 0 Å². The number of rotatable bonds is 5. The van der Waals surface area contributed by atoms with Gasteiger partial charge in [0.25, 0.3) is 0 Å². The molecule has 1 fully saturated rings. The van der Waals surface area contributed by atoms with Crippen molar-refractivity contribution in [2.45, 2.75) is 30.9 Å². The Bertz CT molecular complexity index is 643. The topological polar surface area (TPSA) is 75.7 Å². The second-order valence-electron chi connectivity index (χ2n) is 5.94. The minimum atomic E-state index is -3.17. The molecule has 1 aromatic carbocycles. The van der Waals surface area contributed by atoms with Crippen LogP contribution in [0.15, 0.2) is 29.2 Å². The van der Waals surface area contributed by atoms with Gasteiger partial charge >= 0.3 is 0 Å². The molecule has 6 nitrogen and oxygen atoms in total. The summed E-state index contributed by atoms with van der Waals surface area (Å²) in [6, 6.07) is 7.18. The van der Waals surface area contributed by atoms with E-state index in [4.69, 9.17) is 4.74 Å². The van der Waals surface area contributed by atoms with E-state index in [2.05, 4.69) is 17.1 Å². The molecule has 0 aromatic heterocycles. The zero-order chi connectivity index (χ0) is 17.0. The lowest BCUT2D eigenvalue weighted by Crippen LogP contribution is -2.47. The van der Waals surface area contributed by atoms with Crippen molar-refractivity contribution in [3.8, 4) is 0 Å². The van der Waals surface area contributed by atoms with Gasteiger partial charge in [0.05, 0.1) is 17.6 Å².